The SMILES string of the molecule is CCC(CC)NCc1ccc2c(c1)CCO2. The molecule has 88 valence electrons. The second-order valence-electron chi connectivity index (χ2n) is 4.43. The molecule has 1 aromatic rings. The summed E-state index contributed by atoms with van der Waals surface area (Å²) in [6.45, 7) is 6.29. The van der Waals surface area contributed by atoms with Crippen LogP contribution in [0.25, 0.3) is 0 Å². The third-order valence-corrected chi connectivity index (χ3v) is 3.33. The maximum absolute atomic E-state index is 5.50. The number of nitrogens with one attached hydrogen (secondary N) is 1. The summed E-state index contributed by atoms with van der Waals surface area (Å²) in [7, 11) is 0. The summed E-state index contributed by atoms with van der Waals surface area (Å²) in [6, 6.07) is 7.19. The molecule has 0 fully saturated rings. The van der Waals surface area contributed by atoms with Gasteiger partial charge in [0.1, 0.15) is 5.75 Å². The van der Waals surface area contributed by atoms with E-state index in [2.05, 4.69) is 37.4 Å². The Morgan fingerprint density at radius 3 is 2.88 bits per heavy atom. The summed E-state index contributed by atoms with van der Waals surface area (Å²) in [5.74, 6) is 1.08. The van der Waals surface area contributed by atoms with Crippen LogP contribution in [0.2, 0.25) is 0 Å². The molecular formula is C14H21NO. The molecule has 1 heterocycles. The molecule has 0 radical (unpaired) electrons. The van der Waals surface area contributed by atoms with Gasteiger partial charge in [0.15, 0.2) is 0 Å². The molecule has 0 bridgehead atoms. The first-order chi connectivity index (χ1) is 7.83. The van der Waals surface area contributed by atoms with Crippen LogP contribution in [0.1, 0.15) is 37.8 Å². The Labute approximate surface area is 98.0 Å². The number of hydrogen-bond donors (Lipinski definition) is 1. The van der Waals surface area contributed by atoms with Crippen molar-refractivity contribution in [1.82, 2.24) is 5.32 Å². The Kier molecular flexibility index (Phi) is 3.83. The lowest BCUT2D eigenvalue weighted by molar-refractivity contribution is 0.357. The molecule has 0 saturated carbocycles. The first kappa shape index (κ1) is 11.5. The van der Waals surface area contributed by atoms with Gasteiger partial charge in [0.05, 0.1) is 6.61 Å². The van der Waals surface area contributed by atoms with Gasteiger partial charge in [0.2, 0.25) is 0 Å². The van der Waals surface area contributed by atoms with Crippen LogP contribution in [-0.2, 0) is 13.0 Å². The monoisotopic (exact) mass is 219 g/mol. The summed E-state index contributed by atoms with van der Waals surface area (Å²) in [5.41, 5.74) is 2.74. The predicted molar refractivity (Wildman–Crippen MR) is 66.9 cm³/mol. The molecule has 0 saturated heterocycles. The molecule has 1 aliphatic heterocycles. The van der Waals surface area contributed by atoms with E-state index in [-0.39, 0.29) is 0 Å². The van der Waals surface area contributed by atoms with Crippen LogP contribution in [0.4, 0.5) is 0 Å². The molecule has 0 spiro atoms. The number of hydrogen-bond acceptors (Lipinski definition) is 2. The molecule has 2 rings (SSSR count). The summed E-state index contributed by atoms with van der Waals surface area (Å²) >= 11 is 0. The lowest BCUT2D eigenvalue weighted by Crippen LogP contribution is -2.26. The van der Waals surface area contributed by atoms with Gasteiger partial charge in [-0.15, -0.1) is 0 Å². The van der Waals surface area contributed by atoms with Gasteiger partial charge in [0.25, 0.3) is 0 Å². The predicted octanol–water partition coefficient (Wildman–Crippen LogP) is 2.90. The molecule has 0 unspecified atom stereocenters. The van der Waals surface area contributed by atoms with Crippen LogP contribution in [0, 0.1) is 0 Å². The topological polar surface area (TPSA) is 21.3 Å². The van der Waals surface area contributed by atoms with E-state index >= 15 is 0 Å². The van der Waals surface area contributed by atoms with E-state index in [1.54, 1.807) is 0 Å². The van der Waals surface area contributed by atoms with Crippen molar-refractivity contribution in [3.8, 4) is 5.75 Å². The highest BCUT2D eigenvalue weighted by atomic mass is 16.5. The zero-order chi connectivity index (χ0) is 11.4. The molecule has 0 atom stereocenters. The smallest absolute Gasteiger partial charge is 0.122 e. The standard InChI is InChI=1S/C14H21NO/c1-3-13(4-2)15-10-11-5-6-14-12(9-11)7-8-16-14/h5-6,9,13,15H,3-4,7-8,10H2,1-2H3. The van der Waals surface area contributed by atoms with E-state index in [9.17, 15) is 0 Å². The van der Waals surface area contributed by atoms with Gasteiger partial charge in [-0.3, -0.25) is 0 Å². The summed E-state index contributed by atoms with van der Waals surface area (Å²) in [4.78, 5) is 0. The van der Waals surface area contributed by atoms with Crippen LogP contribution in [0.5, 0.6) is 5.75 Å². The molecule has 16 heavy (non-hydrogen) atoms. The maximum Gasteiger partial charge on any atom is 0.122 e. The van der Waals surface area contributed by atoms with Crippen molar-refractivity contribution in [3.05, 3.63) is 29.3 Å². The fourth-order valence-corrected chi connectivity index (χ4v) is 2.19. The van der Waals surface area contributed by atoms with Gasteiger partial charge in [-0.1, -0.05) is 26.0 Å². The molecule has 1 N–H and O–H groups in total. The average Bonchev–Trinajstić information content (AvgIpc) is 2.77. The second kappa shape index (κ2) is 5.35. The normalized spacial score (nSPS) is 13.9. The highest BCUT2D eigenvalue weighted by molar-refractivity contribution is 5.39. The molecule has 2 nitrogen and oxygen atoms in total. The van der Waals surface area contributed by atoms with Gasteiger partial charge in [-0.25, -0.2) is 0 Å². The summed E-state index contributed by atoms with van der Waals surface area (Å²) in [5, 5.41) is 3.59. The molecule has 0 aliphatic carbocycles. The molecule has 0 aromatic heterocycles. The van der Waals surface area contributed by atoms with Crippen molar-refractivity contribution >= 4 is 0 Å². The van der Waals surface area contributed by atoms with Crippen molar-refractivity contribution in [2.45, 2.75) is 45.7 Å². The zero-order valence-electron chi connectivity index (χ0n) is 10.3. The second-order valence-corrected chi connectivity index (χ2v) is 4.43. The van der Waals surface area contributed by atoms with Gasteiger partial charge >= 0.3 is 0 Å². The number of rotatable bonds is 5. The molecule has 1 aliphatic rings. The lowest BCUT2D eigenvalue weighted by atomic mass is 10.1. The number of ether oxygens (including phenoxy) is 1. The highest BCUT2D eigenvalue weighted by Crippen LogP contribution is 2.25. The van der Waals surface area contributed by atoms with E-state index in [0.29, 0.717) is 6.04 Å². The van der Waals surface area contributed by atoms with Crippen molar-refractivity contribution in [2.75, 3.05) is 6.61 Å². The first-order valence-corrected chi connectivity index (χ1v) is 6.31. The van der Waals surface area contributed by atoms with E-state index in [0.717, 1.165) is 25.3 Å². The minimum absolute atomic E-state index is 0.643. The summed E-state index contributed by atoms with van der Waals surface area (Å²) < 4.78 is 5.50. The van der Waals surface area contributed by atoms with Crippen LogP contribution in [0.3, 0.4) is 0 Å². The Morgan fingerprint density at radius 1 is 1.31 bits per heavy atom. The first-order valence-electron chi connectivity index (χ1n) is 6.31. The maximum atomic E-state index is 5.50. The molecule has 1 aromatic carbocycles. The van der Waals surface area contributed by atoms with Gasteiger partial charge in [-0.05, 0) is 30.0 Å². The van der Waals surface area contributed by atoms with E-state index in [4.69, 9.17) is 4.74 Å². The van der Waals surface area contributed by atoms with E-state index in [1.165, 1.54) is 24.0 Å². The molecular weight excluding hydrogens is 198 g/mol. The van der Waals surface area contributed by atoms with Crippen LogP contribution in [0.15, 0.2) is 18.2 Å². The van der Waals surface area contributed by atoms with Crippen molar-refractivity contribution in [2.24, 2.45) is 0 Å². The number of fused-ring (bicyclic) bond motifs is 1. The third kappa shape index (κ3) is 2.56. The average molecular weight is 219 g/mol. The fourth-order valence-electron chi connectivity index (χ4n) is 2.19. The Hall–Kier alpha value is -1.02. The van der Waals surface area contributed by atoms with Crippen LogP contribution in [-0.4, -0.2) is 12.6 Å². The van der Waals surface area contributed by atoms with E-state index < -0.39 is 0 Å². The van der Waals surface area contributed by atoms with Crippen molar-refractivity contribution in [1.29, 1.82) is 0 Å². The minimum atomic E-state index is 0.643. The highest BCUT2D eigenvalue weighted by Gasteiger charge is 2.12. The van der Waals surface area contributed by atoms with Crippen molar-refractivity contribution in [3.63, 3.8) is 0 Å². The van der Waals surface area contributed by atoms with Gasteiger partial charge in [0, 0.05) is 19.0 Å². The third-order valence-electron chi connectivity index (χ3n) is 3.33. The molecule has 0 amide bonds. The fraction of sp³-hybridized carbons (Fsp3) is 0.571. The van der Waals surface area contributed by atoms with Crippen LogP contribution < -0.4 is 10.1 Å². The van der Waals surface area contributed by atoms with Crippen LogP contribution >= 0.6 is 0 Å². The zero-order valence-corrected chi connectivity index (χ0v) is 10.3. The quantitative estimate of drug-likeness (QED) is 0.822. The minimum Gasteiger partial charge on any atom is -0.493 e. The van der Waals surface area contributed by atoms with Gasteiger partial charge in [-0.2, -0.15) is 0 Å². The van der Waals surface area contributed by atoms with Crippen molar-refractivity contribution < 1.29 is 4.74 Å². The lowest BCUT2D eigenvalue weighted by Gasteiger charge is -2.14. The number of benzene rings is 1. The Balaban J connectivity index is 1.95. The van der Waals surface area contributed by atoms with E-state index in [1.807, 2.05) is 0 Å². The van der Waals surface area contributed by atoms with Gasteiger partial charge < -0.3 is 10.1 Å². The largest absolute Gasteiger partial charge is 0.493 e. The molecule has 2 heteroatoms. The Morgan fingerprint density at radius 2 is 2.12 bits per heavy atom. The Bertz CT molecular complexity index is 345. The summed E-state index contributed by atoms with van der Waals surface area (Å²) in [6.07, 6.45) is 3.46.